The smallest absolute Gasteiger partial charge is 0.240 e. The average Bonchev–Trinajstić information content (AvgIpc) is 3.27. The van der Waals surface area contributed by atoms with Crippen molar-refractivity contribution in [2.24, 2.45) is 5.73 Å². The molecule has 2 heterocycles. The Kier molecular flexibility index (Phi) is 7.38. The molecule has 2 N–H and O–H groups in total. The van der Waals surface area contributed by atoms with E-state index in [1.165, 1.54) is 24.3 Å². The van der Waals surface area contributed by atoms with Gasteiger partial charge in [-0.1, -0.05) is 36.4 Å². The number of hydrogen-bond acceptors (Lipinski definition) is 4. The second-order valence-electron chi connectivity index (χ2n) is 8.99. The Hall–Kier alpha value is -3.10. The topological polar surface area (TPSA) is 69.9 Å². The van der Waals surface area contributed by atoms with Gasteiger partial charge in [-0.3, -0.25) is 14.5 Å². The second kappa shape index (κ2) is 10.4. The van der Waals surface area contributed by atoms with Gasteiger partial charge < -0.3 is 15.5 Å². The van der Waals surface area contributed by atoms with Gasteiger partial charge in [-0.25, -0.2) is 8.78 Å². The maximum Gasteiger partial charge on any atom is 0.240 e. The van der Waals surface area contributed by atoms with Crippen LogP contribution in [0.4, 0.5) is 8.78 Å². The van der Waals surface area contributed by atoms with Gasteiger partial charge in [-0.15, -0.1) is 0 Å². The predicted molar refractivity (Wildman–Crippen MR) is 126 cm³/mol. The summed E-state index contributed by atoms with van der Waals surface area (Å²) in [6.07, 6.45) is 0.749. The fourth-order valence-electron chi connectivity index (χ4n) is 4.68. The number of rotatable bonds is 6. The van der Waals surface area contributed by atoms with Gasteiger partial charge in [0.1, 0.15) is 11.6 Å². The van der Waals surface area contributed by atoms with Crippen molar-refractivity contribution in [1.29, 1.82) is 0 Å². The van der Waals surface area contributed by atoms with Crippen LogP contribution in [0.25, 0.3) is 0 Å². The van der Waals surface area contributed by atoms with E-state index < -0.39 is 6.04 Å². The van der Waals surface area contributed by atoms with Crippen LogP contribution >= 0.6 is 0 Å². The van der Waals surface area contributed by atoms with Gasteiger partial charge in [0.25, 0.3) is 0 Å². The molecule has 2 amide bonds. The van der Waals surface area contributed by atoms with E-state index in [-0.39, 0.29) is 35.9 Å². The minimum absolute atomic E-state index is 0.0266. The number of nitrogens with zero attached hydrogens (tertiary/aromatic N) is 3. The lowest BCUT2D eigenvalue weighted by molar-refractivity contribution is -0.138. The van der Waals surface area contributed by atoms with Gasteiger partial charge >= 0.3 is 0 Å². The Labute approximate surface area is 198 Å². The zero-order valence-electron chi connectivity index (χ0n) is 19.1. The molecule has 0 unspecified atom stereocenters. The molecule has 6 nitrogen and oxygen atoms in total. The third-order valence-electron chi connectivity index (χ3n) is 6.58. The molecule has 2 saturated heterocycles. The number of carbonyl (C=O) groups excluding carboxylic acids is 2. The lowest BCUT2D eigenvalue weighted by Crippen LogP contribution is -2.52. The van der Waals surface area contributed by atoms with E-state index in [0.29, 0.717) is 39.3 Å². The fourth-order valence-corrected chi connectivity index (χ4v) is 4.68. The molecule has 0 spiro atoms. The number of hydrogen-bond donors (Lipinski definition) is 1. The van der Waals surface area contributed by atoms with Crippen LogP contribution in [0, 0.1) is 11.6 Å². The minimum Gasteiger partial charge on any atom is -0.340 e. The Morgan fingerprint density at radius 2 is 1.38 bits per heavy atom. The SMILES string of the molecule is C=C1CCN(C(=O)[C@@H](N)CC(=O)N2CCN(C(c3ccc(F)cc3)c3ccc(F)cc3)CC2)C1. The van der Waals surface area contributed by atoms with Crippen LogP contribution in [0.5, 0.6) is 0 Å². The first-order valence-electron chi connectivity index (χ1n) is 11.6. The van der Waals surface area contributed by atoms with Crippen molar-refractivity contribution in [2.75, 3.05) is 39.3 Å². The first-order valence-corrected chi connectivity index (χ1v) is 11.6. The van der Waals surface area contributed by atoms with Crippen LogP contribution < -0.4 is 5.73 Å². The van der Waals surface area contributed by atoms with Gasteiger partial charge in [-0.05, 0) is 41.8 Å². The molecule has 4 rings (SSSR count). The summed E-state index contributed by atoms with van der Waals surface area (Å²) in [6.45, 7) is 7.15. The van der Waals surface area contributed by atoms with Crippen LogP contribution in [0.3, 0.4) is 0 Å². The van der Waals surface area contributed by atoms with Crippen molar-refractivity contribution in [1.82, 2.24) is 14.7 Å². The van der Waals surface area contributed by atoms with Crippen LogP contribution in [-0.4, -0.2) is 71.8 Å². The van der Waals surface area contributed by atoms with Gasteiger partial charge in [-0.2, -0.15) is 0 Å². The summed E-state index contributed by atoms with van der Waals surface area (Å²) in [5, 5.41) is 0. The van der Waals surface area contributed by atoms with Crippen LogP contribution in [0.15, 0.2) is 60.7 Å². The van der Waals surface area contributed by atoms with Gasteiger partial charge in [0, 0.05) is 39.3 Å². The van der Waals surface area contributed by atoms with E-state index in [2.05, 4.69) is 11.5 Å². The molecule has 2 aromatic carbocycles. The van der Waals surface area contributed by atoms with Crippen molar-refractivity contribution < 1.29 is 18.4 Å². The standard InChI is InChI=1S/C26H30F2N4O2/c1-18-10-11-32(17-18)26(34)23(29)16-24(33)30-12-14-31(15-13-30)25(19-2-6-21(27)7-3-19)20-4-8-22(28)9-5-20/h2-9,23,25H,1,10-17,29H2/t23-/m0/s1. The molecule has 180 valence electrons. The maximum absolute atomic E-state index is 13.5. The molecule has 34 heavy (non-hydrogen) atoms. The van der Waals surface area contributed by atoms with Crippen molar-refractivity contribution in [3.05, 3.63) is 83.4 Å². The van der Waals surface area contributed by atoms with E-state index in [9.17, 15) is 18.4 Å². The monoisotopic (exact) mass is 468 g/mol. The first-order chi connectivity index (χ1) is 16.3. The Morgan fingerprint density at radius 3 is 1.85 bits per heavy atom. The largest absolute Gasteiger partial charge is 0.340 e. The lowest BCUT2D eigenvalue weighted by Gasteiger charge is -2.40. The molecule has 2 fully saturated rings. The number of piperazine rings is 1. The summed E-state index contributed by atoms with van der Waals surface area (Å²) in [5.74, 6) is -0.987. The third-order valence-corrected chi connectivity index (χ3v) is 6.58. The molecular formula is C26H30F2N4O2. The van der Waals surface area contributed by atoms with Crippen LogP contribution in [0.2, 0.25) is 0 Å². The molecule has 2 aliphatic rings. The number of likely N-dealkylation sites (tertiary alicyclic amines) is 1. The van der Waals surface area contributed by atoms with Gasteiger partial charge in [0.15, 0.2) is 0 Å². The summed E-state index contributed by atoms with van der Waals surface area (Å²) in [5.41, 5.74) is 8.85. The zero-order valence-corrected chi connectivity index (χ0v) is 19.1. The van der Waals surface area contributed by atoms with Crippen molar-refractivity contribution in [3.8, 4) is 0 Å². The molecule has 2 aliphatic heterocycles. The summed E-state index contributed by atoms with van der Waals surface area (Å²) in [4.78, 5) is 31.0. The molecule has 0 aliphatic carbocycles. The molecule has 8 heteroatoms. The number of nitrogens with two attached hydrogens (primary N) is 1. The predicted octanol–water partition coefficient (Wildman–Crippen LogP) is 2.70. The highest BCUT2D eigenvalue weighted by Crippen LogP contribution is 2.30. The molecular weight excluding hydrogens is 438 g/mol. The average molecular weight is 469 g/mol. The Balaban J connectivity index is 1.39. The molecule has 0 saturated carbocycles. The van der Waals surface area contributed by atoms with E-state index in [0.717, 1.165) is 23.1 Å². The van der Waals surface area contributed by atoms with E-state index in [1.54, 1.807) is 34.1 Å². The number of benzene rings is 2. The molecule has 0 bridgehead atoms. The van der Waals surface area contributed by atoms with Gasteiger partial charge in [0.2, 0.25) is 11.8 Å². The molecule has 0 radical (unpaired) electrons. The number of amides is 2. The Morgan fingerprint density at radius 1 is 0.853 bits per heavy atom. The van der Waals surface area contributed by atoms with Crippen molar-refractivity contribution in [3.63, 3.8) is 0 Å². The third kappa shape index (κ3) is 5.51. The van der Waals surface area contributed by atoms with Crippen LogP contribution in [-0.2, 0) is 9.59 Å². The normalized spacial score (nSPS) is 17.9. The van der Waals surface area contributed by atoms with Crippen molar-refractivity contribution in [2.45, 2.75) is 24.9 Å². The minimum atomic E-state index is -0.859. The van der Waals surface area contributed by atoms with Crippen molar-refractivity contribution >= 4 is 11.8 Å². The fraction of sp³-hybridized carbons (Fsp3) is 0.385. The molecule has 2 aromatic rings. The summed E-state index contributed by atoms with van der Waals surface area (Å²) >= 11 is 0. The Bertz CT molecular complexity index is 988. The number of carbonyl (C=O) groups is 2. The molecule has 1 atom stereocenters. The number of halogens is 2. The summed E-state index contributed by atoms with van der Waals surface area (Å²) in [7, 11) is 0. The van der Waals surface area contributed by atoms with E-state index in [1.807, 2.05) is 0 Å². The van der Waals surface area contributed by atoms with E-state index in [4.69, 9.17) is 5.73 Å². The first kappa shape index (κ1) is 24.0. The quantitative estimate of drug-likeness (QED) is 0.662. The second-order valence-corrected chi connectivity index (χ2v) is 8.99. The molecule has 0 aromatic heterocycles. The highest BCUT2D eigenvalue weighted by Gasteiger charge is 2.31. The maximum atomic E-state index is 13.5. The zero-order chi connectivity index (χ0) is 24.2. The van der Waals surface area contributed by atoms with Gasteiger partial charge in [0.05, 0.1) is 18.5 Å². The highest BCUT2D eigenvalue weighted by molar-refractivity contribution is 5.88. The van der Waals surface area contributed by atoms with Crippen LogP contribution in [0.1, 0.15) is 30.0 Å². The summed E-state index contributed by atoms with van der Waals surface area (Å²) in [6, 6.07) is 11.6. The lowest BCUT2D eigenvalue weighted by atomic mass is 9.96. The highest BCUT2D eigenvalue weighted by atomic mass is 19.1. The summed E-state index contributed by atoms with van der Waals surface area (Å²) < 4.78 is 27.0. The van der Waals surface area contributed by atoms with E-state index >= 15 is 0 Å².